The van der Waals surface area contributed by atoms with Gasteiger partial charge in [0.05, 0.1) is 12.6 Å². The van der Waals surface area contributed by atoms with Crippen molar-refractivity contribution in [1.29, 1.82) is 0 Å². The van der Waals surface area contributed by atoms with E-state index in [1.807, 2.05) is 6.08 Å². The summed E-state index contributed by atoms with van der Waals surface area (Å²) in [7, 11) is 0. The van der Waals surface area contributed by atoms with E-state index in [0.29, 0.717) is 31.4 Å². The van der Waals surface area contributed by atoms with E-state index in [2.05, 4.69) is 0 Å². The summed E-state index contributed by atoms with van der Waals surface area (Å²) >= 11 is 0. The second-order valence-electron chi connectivity index (χ2n) is 12.2. The van der Waals surface area contributed by atoms with Gasteiger partial charge >= 0.3 is 0 Å². The Labute approximate surface area is 214 Å². The number of carbonyl (C=O) groups excluding carboxylic acids is 3. The Kier molecular flexibility index (Phi) is 5.44. The highest BCUT2D eigenvalue weighted by Crippen LogP contribution is 2.72. The Balaban J connectivity index is 1.41. The largest absolute Gasteiger partial charge is 0.390 e. The molecule has 0 bridgehead atoms. The number of hydrogen-bond donors (Lipinski definition) is 2. The van der Waals surface area contributed by atoms with Crippen molar-refractivity contribution in [2.24, 2.45) is 28.6 Å². The highest BCUT2D eigenvalue weighted by atomic mass is 19.1. The van der Waals surface area contributed by atoms with Crippen LogP contribution in [0.1, 0.15) is 52.4 Å². The van der Waals surface area contributed by atoms with Crippen LogP contribution in [0.2, 0.25) is 0 Å². The monoisotopic (exact) mass is 517 g/mol. The summed E-state index contributed by atoms with van der Waals surface area (Å²) in [6, 6.07) is 0. The SMILES string of the molecule is C[C@]12C=CC(=O)CC1=C(F)C[C@H]1[C@@H]3C[C@H]4CN(CC5=CCCC5=O)O[C@@]4(C(=O)CO)[C@@]3(C)C[C@H](O)[C@@]12F. The van der Waals surface area contributed by atoms with Crippen molar-refractivity contribution in [1.82, 2.24) is 5.06 Å². The molecule has 0 aromatic heterocycles. The van der Waals surface area contributed by atoms with Gasteiger partial charge in [-0.25, -0.2) is 8.78 Å². The van der Waals surface area contributed by atoms with Crippen molar-refractivity contribution in [3.63, 3.8) is 0 Å². The normalized spacial score (nSPS) is 47.0. The molecule has 6 aliphatic rings. The molecule has 5 aliphatic carbocycles. The number of halogens is 2. The van der Waals surface area contributed by atoms with E-state index in [0.717, 1.165) is 0 Å². The number of carbonyl (C=O) groups is 3. The van der Waals surface area contributed by atoms with E-state index in [1.54, 1.807) is 18.9 Å². The molecule has 1 saturated heterocycles. The van der Waals surface area contributed by atoms with Crippen molar-refractivity contribution in [3.05, 3.63) is 35.2 Å². The predicted octanol–water partition coefficient (Wildman–Crippen LogP) is 2.72. The molecule has 0 aromatic carbocycles. The first-order valence-electron chi connectivity index (χ1n) is 13.2. The average molecular weight is 518 g/mol. The summed E-state index contributed by atoms with van der Waals surface area (Å²) < 4.78 is 33.0. The quantitative estimate of drug-likeness (QED) is 0.591. The summed E-state index contributed by atoms with van der Waals surface area (Å²) in [6.07, 6.45) is 3.87. The fourth-order valence-corrected chi connectivity index (χ4v) is 9.00. The van der Waals surface area contributed by atoms with E-state index < -0.39 is 64.2 Å². The minimum Gasteiger partial charge on any atom is -0.390 e. The van der Waals surface area contributed by atoms with Gasteiger partial charge in [0.1, 0.15) is 12.4 Å². The highest BCUT2D eigenvalue weighted by molar-refractivity contribution is 5.98. The summed E-state index contributed by atoms with van der Waals surface area (Å²) in [5, 5.41) is 23.1. The van der Waals surface area contributed by atoms with Gasteiger partial charge in [-0.1, -0.05) is 19.1 Å². The van der Waals surface area contributed by atoms with Crippen LogP contribution in [0.25, 0.3) is 0 Å². The molecule has 37 heavy (non-hydrogen) atoms. The third-order valence-electron chi connectivity index (χ3n) is 10.7. The summed E-state index contributed by atoms with van der Waals surface area (Å²) in [5.74, 6) is -3.20. The van der Waals surface area contributed by atoms with Gasteiger partial charge in [0.2, 0.25) is 0 Å². The summed E-state index contributed by atoms with van der Waals surface area (Å²) in [5.41, 5.74) is -5.60. The average Bonchev–Trinajstić information content (AvgIpc) is 3.49. The van der Waals surface area contributed by atoms with Crippen LogP contribution in [0.15, 0.2) is 35.2 Å². The van der Waals surface area contributed by atoms with Crippen LogP contribution in [0.5, 0.6) is 0 Å². The Morgan fingerprint density at radius 1 is 1.27 bits per heavy atom. The van der Waals surface area contributed by atoms with Crippen LogP contribution in [0.4, 0.5) is 8.78 Å². The molecule has 0 unspecified atom stereocenters. The van der Waals surface area contributed by atoms with E-state index in [4.69, 9.17) is 4.84 Å². The van der Waals surface area contributed by atoms with Gasteiger partial charge in [-0.3, -0.25) is 19.2 Å². The molecule has 8 atom stereocenters. The van der Waals surface area contributed by atoms with Crippen LogP contribution in [-0.2, 0) is 19.2 Å². The molecule has 0 spiro atoms. The standard InChI is InChI=1S/C28H33F2NO6/c1-25-7-6-17(33)9-20(25)21(29)10-19-18-8-16-13-31(12-15-4-3-5-22(15)34)37-28(16,24(36)14-32)26(18,2)11-23(35)27(19,25)30/h4,6-7,16,18-19,23,32,35H,3,5,8-14H2,1-2H3/t16-,18-,19-,23-,25-,26-,27-,28-/m0/s1. The molecule has 0 aromatic rings. The Morgan fingerprint density at radius 2 is 2.03 bits per heavy atom. The zero-order chi connectivity index (χ0) is 26.5. The molecule has 0 amide bonds. The minimum atomic E-state index is -2.23. The number of Topliss-reactive ketones (excluding diaryl/α,β-unsaturated/α-hetero) is 2. The Bertz CT molecular complexity index is 1200. The lowest BCUT2D eigenvalue weighted by molar-refractivity contribution is -0.262. The van der Waals surface area contributed by atoms with E-state index in [9.17, 15) is 24.6 Å². The first-order chi connectivity index (χ1) is 17.4. The van der Waals surface area contributed by atoms with E-state index in [1.165, 1.54) is 12.2 Å². The third-order valence-corrected chi connectivity index (χ3v) is 10.7. The van der Waals surface area contributed by atoms with Crippen molar-refractivity contribution in [2.45, 2.75) is 69.7 Å². The smallest absolute Gasteiger partial charge is 0.192 e. The highest BCUT2D eigenvalue weighted by Gasteiger charge is 2.79. The first-order valence-corrected chi connectivity index (χ1v) is 13.2. The number of hydroxylamine groups is 2. The molecular weight excluding hydrogens is 484 g/mol. The number of fused-ring (bicyclic) bond motifs is 7. The molecule has 200 valence electrons. The van der Waals surface area contributed by atoms with Crippen molar-refractivity contribution >= 4 is 17.3 Å². The fourth-order valence-electron chi connectivity index (χ4n) is 9.00. The van der Waals surface area contributed by atoms with Crippen LogP contribution in [0, 0.1) is 28.6 Å². The lowest BCUT2D eigenvalue weighted by Gasteiger charge is -2.62. The molecule has 9 heteroatoms. The minimum absolute atomic E-state index is 0.0371. The molecule has 6 rings (SSSR count). The van der Waals surface area contributed by atoms with Crippen LogP contribution in [0.3, 0.4) is 0 Å². The predicted molar refractivity (Wildman–Crippen MR) is 127 cm³/mol. The van der Waals surface area contributed by atoms with Gasteiger partial charge in [-0.15, -0.1) is 0 Å². The van der Waals surface area contributed by atoms with Crippen LogP contribution >= 0.6 is 0 Å². The van der Waals surface area contributed by atoms with Gasteiger partial charge in [-0.05, 0) is 43.8 Å². The summed E-state index contributed by atoms with van der Waals surface area (Å²) in [4.78, 5) is 44.1. The van der Waals surface area contributed by atoms with E-state index in [-0.39, 0.29) is 42.9 Å². The maximum absolute atomic E-state index is 17.4. The lowest BCUT2D eigenvalue weighted by Crippen LogP contribution is -2.69. The Hall–Kier alpha value is -2.07. The topological polar surface area (TPSA) is 104 Å². The van der Waals surface area contributed by atoms with Crippen LogP contribution in [-0.4, -0.2) is 69.7 Å². The number of aliphatic hydroxyl groups is 2. The van der Waals surface area contributed by atoms with Gasteiger partial charge < -0.3 is 10.2 Å². The maximum atomic E-state index is 17.4. The number of hydrogen-bond acceptors (Lipinski definition) is 7. The molecule has 0 radical (unpaired) electrons. The fraction of sp³-hybridized carbons (Fsp3) is 0.679. The molecule has 2 saturated carbocycles. The molecule has 1 aliphatic heterocycles. The summed E-state index contributed by atoms with van der Waals surface area (Å²) in [6.45, 7) is 3.08. The zero-order valence-electron chi connectivity index (χ0n) is 21.1. The zero-order valence-corrected chi connectivity index (χ0v) is 21.1. The number of aliphatic hydroxyl groups excluding tert-OH is 2. The number of nitrogens with zero attached hydrogens (tertiary/aromatic N) is 1. The van der Waals surface area contributed by atoms with Crippen molar-refractivity contribution < 1.29 is 38.2 Å². The van der Waals surface area contributed by atoms with Gasteiger partial charge in [0.25, 0.3) is 0 Å². The van der Waals surface area contributed by atoms with Crippen LogP contribution < -0.4 is 0 Å². The second-order valence-corrected chi connectivity index (χ2v) is 12.2. The van der Waals surface area contributed by atoms with Gasteiger partial charge in [0.15, 0.2) is 28.6 Å². The molecule has 1 heterocycles. The number of allylic oxidation sites excluding steroid dienone is 5. The first kappa shape index (κ1) is 25.2. The van der Waals surface area contributed by atoms with E-state index >= 15 is 8.78 Å². The van der Waals surface area contributed by atoms with Crippen molar-refractivity contribution in [3.8, 4) is 0 Å². The number of rotatable bonds is 4. The maximum Gasteiger partial charge on any atom is 0.192 e. The molecular formula is C28H33F2NO6. The van der Waals surface area contributed by atoms with Crippen molar-refractivity contribution in [2.75, 3.05) is 19.7 Å². The molecule has 3 fully saturated rings. The number of ketones is 3. The third kappa shape index (κ3) is 2.97. The molecule has 2 N–H and O–H groups in total. The Morgan fingerprint density at radius 3 is 2.70 bits per heavy atom. The second kappa shape index (κ2) is 7.97. The molecule has 7 nitrogen and oxygen atoms in total. The van der Waals surface area contributed by atoms with Gasteiger partial charge in [0, 0.05) is 54.0 Å². The van der Waals surface area contributed by atoms with Gasteiger partial charge in [-0.2, -0.15) is 5.06 Å². The number of alkyl halides is 1. The lowest BCUT2D eigenvalue weighted by atomic mass is 9.45.